The smallest absolute Gasteiger partial charge is 0.262 e. The molecule has 0 aliphatic carbocycles. The highest BCUT2D eigenvalue weighted by molar-refractivity contribution is 14.1. The van der Waals surface area contributed by atoms with Crippen molar-refractivity contribution in [2.45, 2.75) is 0 Å². The highest BCUT2D eigenvalue weighted by Gasteiger charge is 2.14. The first-order chi connectivity index (χ1) is 15.4. The molecular weight excluding hydrogens is 546 g/mol. The number of benzene rings is 3. The van der Waals surface area contributed by atoms with Gasteiger partial charge in [-0.3, -0.25) is 4.79 Å². The minimum absolute atomic E-state index is 0.262. The SMILES string of the molecule is COc1cc(C=C(C#N)c2ccccc2Cl)cc(I)c1OCC(=O)Nc1ccc(F)cc1. The van der Waals surface area contributed by atoms with Crippen molar-refractivity contribution in [2.24, 2.45) is 0 Å². The molecule has 0 unspecified atom stereocenters. The molecule has 5 nitrogen and oxygen atoms in total. The number of carbonyl (C=O) groups excluding carboxylic acids is 1. The maximum absolute atomic E-state index is 13.0. The van der Waals surface area contributed by atoms with E-state index in [1.807, 2.05) is 12.1 Å². The van der Waals surface area contributed by atoms with Crippen molar-refractivity contribution in [3.05, 3.63) is 86.2 Å². The van der Waals surface area contributed by atoms with E-state index in [0.717, 1.165) is 0 Å². The normalized spacial score (nSPS) is 10.9. The van der Waals surface area contributed by atoms with Crippen LogP contribution in [0.3, 0.4) is 0 Å². The molecule has 3 aromatic carbocycles. The second-order valence-electron chi connectivity index (χ2n) is 6.53. The van der Waals surface area contributed by atoms with Gasteiger partial charge in [0.15, 0.2) is 18.1 Å². The van der Waals surface area contributed by atoms with Gasteiger partial charge in [-0.05, 0) is 76.7 Å². The van der Waals surface area contributed by atoms with Gasteiger partial charge >= 0.3 is 0 Å². The molecule has 0 radical (unpaired) electrons. The molecule has 162 valence electrons. The Bertz CT molecular complexity index is 1210. The summed E-state index contributed by atoms with van der Waals surface area (Å²) in [7, 11) is 1.49. The summed E-state index contributed by atoms with van der Waals surface area (Å²) in [4.78, 5) is 12.2. The van der Waals surface area contributed by atoms with Crippen LogP contribution >= 0.6 is 34.2 Å². The predicted molar refractivity (Wildman–Crippen MR) is 131 cm³/mol. The average Bonchev–Trinajstić information content (AvgIpc) is 2.78. The first-order valence-corrected chi connectivity index (χ1v) is 10.8. The van der Waals surface area contributed by atoms with Gasteiger partial charge in [0.2, 0.25) is 0 Å². The van der Waals surface area contributed by atoms with Gasteiger partial charge < -0.3 is 14.8 Å². The third kappa shape index (κ3) is 5.99. The second-order valence-corrected chi connectivity index (χ2v) is 8.10. The van der Waals surface area contributed by atoms with Crippen LogP contribution in [-0.2, 0) is 4.79 Å². The van der Waals surface area contributed by atoms with Crippen molar-refractivity contribution in [1.82, 2.24) is 0 Å². The standard InChI is InChI=1S/C24H17ClFIN2O3/c1-31-22-12-15(10-16(13-28)19-4-2-3-5-20(19)25)11-21(27)24(22)32-14-23(30)29-18-8-6-17(26)7-9-18/h2-12H,14H2,1H3,(H,29,30). The molecule has 0 bridgehead atoms. The minimum atomic E-state index is -0.399. The molecule has 3 aromatic rings. The van der Waals surface area contributed by atoms with Crippen molar-refractivity contribution in [1.29, 1.82) is 5.26 Å². The molecule has 0 saturated heterocycles. The lowest BCUT2D eigenvalue weighted by Crippen LogP contribution is -2.20. The number of nitriles is 1. The molecule has 0 aliphatic heterocycles. The Morgan fingerprint density at radius 1 is 1.22 bits per heavy atom. The molecule has 0 spiro atoms. The summed E-state index contributed by atoms with van der Waals surface area (Å²) in [5, 5.41) is 12.7. The number of amides is 1. The van der Waals surface area contributed by atoms with Gasteiger partial charge in [0.25, 0.3) is 5.91 Å². The van der Waals surface area contributed by atoms with Crippen molar-refractivity contribution in [2.75, 3.05) is 19.0 Å². The summed E-state index contributed by atoms with van der Waals surface area (Å²) in [6.45, 7) is -0.262. The van der Waals surface area contributed by atoms with Gasteiger partial charge in [-0.1, -0.05) is 29.8 Å². The fraction of sp³-hybridized carbons (Fsp3) is 0.0833. The average molecular weight is 563 g/mol. The van der Waals surface area contributed by atoms with Crippen LogP contribution in [0.2, 0.25) is 5.02 Å². The monoisotopic (exact) mass is 562 g/mol. The van der Waals surface area contributed by atoms with E-state index >= 15 is 0 Å². The van der Waals surface area contributed by atoms with Crippen LogP contribution in [0.1, 0.15) is 11.1 Å². The Morgan fingerprint density at radius 2 is 1.94 bits per heavy atom. The number of halogens is 3. The zero-order valence-corrected chi connectivity index (χ0v) is 19.8. The number of rotatable bonds is 7. The number of carbonyl (C=O) groups is 1. The van der Waals surface area contributed by atoms with E-state index in [-0.39, 0.29) is 12.4 Å². The Morgan fingerprint density at radius 3 is 2.59 bits per heavy atom. The lowest BCUT2D eigenvalue weighted by Gasteiger charge is -2.14. The third-order valence-electron chi connectivity index (χ3n) is 4.32. The van der Waals surface area contributed by atoms with E-state index in [4.69, 9.17) is 21.1 Å². The van der Waals surface area contributed by atoms with Crippen LogP contribution in [0.15, 0.2) is 60.7 Å². The van der Waals surface area contributed by atoms with Gasteiger partial charge in [-0.2, -0.15) is 5.26 Å². The van der Waals surface area contributed by atoms with Gasteiger partial charge in [-0.25, -0.2) is 4.39 Å². The first-order valence-electron chi connectivity index (χ1n) is 9.33. The highest BCUT2D eigenvalue weighted by Crippen LogP contribution is 2.35. The molecule has 3 rings (SSSR count). The summed E-state index contributed by atoms with van der Waals surface area (Å²) >= 11 is 8.29. The van der Waals surface area contributed by atoms with Crippen molar-refractivity contribution >= 4 is 57.4 Å². The number of anilines is 1. The van der Waals surface area contributed by atoms with E-state index < -0.39 is 5.91 Å². The number of nitrogens with one attached hydrogen (secondary N) is 1. The maximum Gasteiger partial charge on any atom is 0.262 e. The molecule has 32 heavy (non-hydrogen) atoms. The number of methoxy groups -OCH3 is 1. The van der Waals surface area contributed by atoms with Crippen molar-refractivity contribution in [3.63, 3.8) is 0 Å². The van der Waals surface area contributed by atoms with Gasteiger partial charge in [0.05, 0.1) is 22.3 Å². The van der Waals surface area contributed by atoms with E-state index in [2.05, 4.69) is 34.0 Å². The van der Waals surface area contributed by atoms with Crippen LogP contribution in [0, 0.1) is 20.7 Å². The molecule has 8 heteroatoms. The Balaban J connectivity index is 1.79. The summed E-state index contributed by atoms with van der Waals surface area (Å²) < 4.78 is 24.8. The van der Waals surface area contributed by atoms with Crippen LogP contribution in [0.4, 0.5) is 10.1 Å². The molecule has 1 N–H and O–H groups in total. The van der Waals surface area contributed by atoms with Crippen molar-refractivity contribution in [3.8, 4) is 17.6 Å². The molecule has 0 aliphatic rings. The summed E-state index contributed by atoms with van der Waals surface area (Å²) in [5.74, 6) is 0.0237. The minimum Gasteiger partial charge on any atom is -0.493 e. The summed E-state index contributed by atoms with van der Waals surface area (Å²) in [6.07, 6.45) is 1.71. The number of allylic oxidation sites excluding steroid dienone is 1. The molecule has 0 atom stereocenters. The quantitative estimate of drug-likeness (QED) is 0.212. The van der Waals surface area contributed by atoms with Gasteiger partial charge in [0.1, 0.15) is 5.82 Å². The van der Waals surface area contributed by atoms with E-state index in [1.54, 1.807) is 30.3 Å². The topological polar surface area (TPSA) is 71.3 Å². The van der Waals surface area contributed by atoms with E-state index in [9.17, 15) is 14.4 Å². The van der Waals surface area contributed by atoms with Crippen LogP contribution < -0.4 is 14.8 Å². The Labute approximate surface area is 203 Å². The molecule has 0 saturated carbocycles. The lowest BCUT2D eigenvalue weighted by atomic mass is 10.0. The van der Waals surface area contributed by atoms with Crippen LogP contribution in [0.5, 0.6) is 11.5 Å². The van der Waals surface area contributed by atoms with Crippen molar-refractivity contribution < 1.29 is 18.7 Å². The van der Waals surface area contributed by atoms with Gasteiger partial charge in [-0.15, -0.1) is 0 Å². The fourth-order valence-corrected chi connectivity index (χ4v) is 3.87. The largest absolute Gasteiger partial charge is 0.493 e. The van der Waals surface area contributed by atoms with Crippen LogP contribution in [0.25, 0.3) is 11.6 Å². The maximum atomic E-state index is 13.0. The number of hydrogen-bond donors (Lipinski definition) is 1. The third-order valence-corrected chi connectivity index (χ3v) is 5.45. The summed E-state index contributed by atoms with van der Waals surface area (Å²) in [5.41, 5.74) is 2.21. The second kappa shape index (κ2) is 11.0. The summed E-state index contributed by atoms with van der Waals surface area (Å²) in [6, 6.07) is 18.2. The highest BCUT2D eigenvalue weighted by atomic mass is 127. The van der Waals surface area contributed by atoms with Gasteiger partial charge in [0, 0.05) is 16.3 Å². The van der Waals surface area contributed by atoms with E-state index in [0.29, 0.717) is 42.5 Å². The fourth-order valence-electron chi connectivity index (χ4n) is 2.85. The number of ether oxygens (including phenoxy) is 2. The number of hydrogen-bond acceptors (Lipinski definition) is 4. The molecule has 0 aromatic heterocycles. The Kier molecular flexibility index (Phi) is 8.09. The molecular formula is C24H17ClFIN2O3. The molecule has 0 heterocycles. The molecule has 0 fully saturated rings. The number of nitrogens with zero attached hydrogens (tertiary/aromatic N) is 1. The lowest BCUT2D eigenvalue weighted by molar-refractivity contribution is -0.118. The predicted octanol–water partition coefficient (Wildman–Crippen LogP) is 6.17. The zero-order valence-electron chi connectivity index (χ0n) is 16.9. The van der Waals surface area contributed by atoms with Crippen LogP contribution in [-0.4, -0.2) is 19.6 Å². The Hall–Kier alpha value is -3.09. The van der Waals surface area contributed by atoms with E-state index in [1.165, 1.54) is 31.4 Å². The first kappa shape index (κ1) is 23.6. The molecule has 1 amide bonds. The zero-order chi connectivity index (χ0) is 23.1.